The summed E-state index contributed by atoms with van der Waals surface area (Å²) in [6.45, 7) is 10.6. The van der Waals surface area contributed by atoms with Crippen LogP contribution in [0, 0.1) is 5.92 Å². The smallest absolute Gasteiger partial charge is 0.233 e. The number of likely N-dealkylation sites (N-methyl/N-ethyl adjacent to an activating group) is 1. The fourth-order valence-corrected chi connectivity index (χ4v) is 3.29. The molecule has 0 bridgehead atoms. The first-order valence-corrected chi connectivity index (χ1v) is 7.43. The molecule has 0 radical (unpaired) electrons. The molecular formula is C16H27IN2O. The molecule has 1 fully saturated rings. The Bertz CT molecular complexity index is 422. The van der Waals surface area contributed by atoms with Crippen LogP contribution in [0.2, 0.25) is 0 Å². The van der Waals surface area contributed by atoms with Gasteiger partial charge in [-0.05, 0) is 19.9 Å². The van der Waals surface area contributed by atoms with Crippen molar-refractivity contribution in [3.05, 3.63) is 23.4 Å². The second-order valence-corrected chi connectivity index (χ2v) is 6.47. The van der Waals surface area contributed by atoms with Crippen LogP contribution in [0.15, 0.2) is 23.4 Å². The number of rotatable bonds is 3. The lowest BCUT2D eigenvalue weighted by Crippen LogP contribution is -3.00. The van der Waals surface area contributed by atoms with Crippen LogP contribution in [-0.4, -0.2) is 48.5 Å². The van der Waals surface area contributed by atoms with Crippen LogP contribution in [0.1, 0.15) is 33.6 Å². The van der Waals surface area contributed by atoms with Crippen molar-refractivity contribution in [2.45, 2.75) is 33.6 Å². The van der Waals surface area contributed by atoms with Crippen LogP contribution in [-0.2, 0) is 4.79 Å². The molecule has 1 amide bonds. The average Bonchev–Trinajstić information content (AvgIpc) is 2.72. The summed E-state index contributed by atoms with van der Waals surface area (Å²) in [5.74, 6) is 0.244. The van der Waals surface area contributed by atoms with Gasteiger partial charge in [-0.25, -0.2) is 0 Å². The zero-order valence-corrected chi connectivity index (χ0v) is 15.3. The SMILES string of the molecule is CC1=CC(C)C(=O)N(CC[N+]2(C)CCCC2)C(C)=C1.[I-]. The molecule has 2 aliphatic heterocycles. The second-order valence-electron chi connectivity index (χ2n) is 6.47. The zero-order chi connectivity index (χ0) is 14.0. The van der Waals surface area contributed by atoms with Gasteiger partial charge in [0, 0.05) is 18.5 Å². The van der Waals surface area contributed by atoms with Crippen molar-refractivity contribution >= 4 is 5.91 Å². The van der Waals surface area contributed by atoms with Crippen molar-refractivity contribution in [2.24, 2.45) is 5.92 Å². The molecule has 2 rings (SSSR count). The van der Waals surface area contributed by atoms with Crippen LogP contribution in [0.25, 0.3) is 0 Å². The molecular weight excluding hydrogens is 363 g/mol. The molecule has 0 aliphatic carbocycles. The van der Waals surface area contributed by atoms with Crippen molar-refractivity contribution in [3.8, 4) is 0 Å². The van der Waals surface area contributed by atoms with Crippen LogP contribution >= 0.6 is 0 Å². The quantitative estimate of drug-likeness (QED) is 0.473. The van der Waals surface area contributed by atoms with E-state index in [-0.39, 0.29) is 35.8 Å². The number of allylic oxidation sites excluding steroid dienone is 3. The molecule has 1 unspecified atom stereocenters. The van der Waals surface area contributed by atoms with Crippen molar-refractivity contribution in [1.29, 1.82) is 0 Å². The number of hydrogen-bond acceptors (Lipinski definition) is 1. The Morgan fingerprint density at radius 3 is 2.50 bits per heavy atom. The molecule has 114 valence electrons. The maximum absolute atomic E-state index is 12.4. The first kappa shape index (κ1) is 17.7. The van der Waals surface area contributed by atoms with Gasteiger partial charge < -0.3 is 33.4 Å². The Kier molecular flexibility index (Phi) is 6.25. The van der Waals surface area contributed by atoms with Crippen molar-refractivity contribution in [1.82, 2.24) is 4.90 Å². The number of likely N-dealkylation sites (tertiary alicyclic amines) is 1. The third-order valence-corrected chi connectivity index (χ3v) is 4.54. The van der Waals surface area contributed by atoms with Crippen LogP contribution in [0.3, 0.4) is 0 Å². The standard InChI is InChI=1S/C16H27N2O.HI/c1-13-11-14(2)16(19)17(15(3)12-13)7-10-18(4)8-5-6-9-18;/h11-12,14H,5-10H2,1-4H3;1H/q+1;/p-1. The molecule has 0 saturated carbocycles. The fourth-order valence-electron chi connectivity index (χ4n) is 3.29. The fraction of sp³-hybridized carbons (Fsp3) is 0.688. The number of quaternary nitrogens is 1. The number of carbonyl (C=O) groups is 1. The highest BCUT2D eigenvalue weighted by atomic mass is 127. The van der Waals surface area contributed by atoms with Crippen LogP contribution in [0.4, 0.5) is 0 Å². The summed E-state index contributed by atoms with van der Waals surface area (Å²) in [6, 6.07) is 0. The Hall–Kier alpha value is -0.360. The molecule has 2 heterocycles. The maximum Gasteiger partial charge on any atom is 0.233 e. The topological polar surface area (TPSA) is 20.3 Å². The number of amides is 1. The minimum atomic E-state index is -0.00224. The normalized spacial score (nSPS) is 25.7. The first-order chi connectivity index (χ1) is 8.91. The second kappa shape index (κ2) is 7.07. The maximum atomic E-state index is 12.4. The van der Waals surface area contributed by atoms with Gasteiger partial charge in [0.1, 0.15) is 0 Å². The number of nitrogens with zero attached hydrogens (tertiary/aromatic N) is 2. The summed E-state index contributed by atoms with van der Waals surface area (Å²) in [6.07, 6.45) is 6.86. The summed E-state index contributed by atoms with van der Waals surface area (Å²) in [5.41, 5.74) is 2.29. The van der Waals surface area contributed by atoms with E-state index in [0.717, 1.165) is 23.3 Å². The highest BCUT2D eigenvalue weighted by molar-refractivity contribution is 5.82. The minimum absolute atomic E-state index is 0. The third kappa shape index (κ3) is 4.07. The first-order valence-electron chi connectivity index (χ1n) is 7.43. The van der Waals surface area contributed by atoms with Gasteiger partial charge >= 0.3 is 0 Å². The van der Waals surface area contributed by atoms with E-state index in [1.54, 1.807) is 0 Å². The minimum Gasteiger partial charge on any atom is -1.00 e. The lowest BCUT2D eigenvalue weighted by Gasteiger charge is -2.33. The van der Waals surface area contributed by atoms with E-state index in [9.17, 15) is 4.79 Å². The molecule has 4 heteroatoms. The van der Waals surface area contributed by atoms with E-state index in [1.807, 2.05) is 11.8 Å². The molecule has 1 atom stereocenters. The Morgan fingerprint density at radius 1 is 1.30 bits per heavy atom. The molecule has 1 saturated heterocycles. The van der Waals surface area contributed by atoms with E-state index in [4.69, 9.17) is 0 Å². The largest absolute Gasteiger partial charge is 1.00 e. The number of hydrogen-bond donors (Lipinski definition) is 0. The van der Waals surface area contributed by atoms with Gasteiger partial charge in [0.2, 0.25) is 5.91 Å². The summed E-state index contributed by atoms with van der Waals surface area (Å²) in [4.78, 5) is 14.4. The van der Waals surface area contributed by atoms with Crippen LogP contribution < -0.4 is 24.0 Å². The molecule has 0 aromatic heterocycles. The molecule has 0 spiro atoms. The summed E-state index contributed by atoms with van der Waals surface area (Å²) in [5, 5.41) is 0. The van der Waals surface area contributed by atoms with Gasteiger partial charge in [-0.2, -0.15) is 0 Å². The predicted octanol–water partition coefficient (Wildman–Crippen LogP) is -0.441. The number of halogens is 1. The summed E-state index contributed by atoms with van der Waals surface area (Å²) < 4.78 is 1.12. The third-order valence-electron chi connectivity index (χ3n) is 4.54. The van der Waals surface area contributed by atoms with Gasteiger partial charge in [0.25, 0.3) is 0 Å². The molecule has 3 nitrogen and oxygen atoms in total. The van der Waals surface area contributed by atoms with E-state index < -0.39 is 0 Å². The van der Waals surface area contributed by atoms with E-state index in [2.05, 4.69) is 33.0 Å². The van der Waals surface area contributed by atoms with Gasteiger partial charge in [0.05, 0.1) is 39.1 Å². The average molecular weight is 390 g/mol. The molecule has 20 heavy (non-hydrogen) atoms. The Morgan fingerprint density at radius 2 is 1.90 bits per heavy atom. The van der Waals surface area contributed by atoms with Crippen molar-refractivity contribution in [2.75, 3.05) is 33.2 Å². The van der Waals surface area contributed by atoms with E-state index >= 15 is 0 Å². The summed E-state index contributed by atoms with van der Waals surface area (Å²) in [7, 11) is 2.32. The monoisotopic (exact) mass is 390 g/mol. The van der Waals surface area contributed by atoms with Crippen LogP contribution in [0.5, 0.6) is 0 Å². The lowest BCUT2D eigenvalue weighted by molar-refractivity contribution is -0.897. The Balaban J connectivity index is 0.00000200. The van der Waals surface area contributed by atoms with Gasteiger partial charge in [-0.1, -0.05) is 18.6 Å². The predicted molar refractivity (Wildman–Crippen MR) is 78.4 cm³/mol. The van der Waals surface area contributed by atoms with E-state index in [1.165, 1.54) is 31.5 Å². The van der Waals surface area contributed by atoms with Gasteiger partial charge in [-0.3, -0.25) is 4.79 Å². The lowest BCUT2D eigenvalue weighted by atomic mass is 10.1. The molecule has 0 aromatic carbocycles. The zero-order valence-electron chi connectivity index (χ0n) is 13.2. The highest BCUT2D eigenvalue weighted by Gasteiger charge is 2.30. The molecule has 2 aliphatic rings. The number of carbonyl (C=O) groups excluding carboxylic acids is 1. The van der Waals surface area contributed by atoms with Crippen molar-refractivity contribution < 1.29 is 33.3 Å². The van der Waals surface area contributed by atoms with E-state index in [0.29, 0.717) is 0 Å². The highest BCUT2D eigenvalue weighted by Crippen LogP contribution is 2.21. The van der Waals surface area contributed by atoms with Crippen molar-refractivity contribution in [3.63, 3.8) is 0 Å². The molecule has 0 aromatic rings. The molecule has 0 N–H and O–H groups in total. The summed E-state index contributed by atoms with van der Waals surface area (Å²) >= 11 is 0. The Labute approximate surface area is 140 Å². The van der Waals surface area contributed by atoms with Gasteiger partial charge in [-0.15, -0.1) is 0 Å². The van der Waals surface area contributed by atoms with Gasteiger partial charge in [0.15, 0.2) is 0 Å².